The zero-order valence-corrected chi connectivity index (χ0v) is 19.9. The second-order valence-electron chi connectivity index (χ2n) is 8.24. The molecular weight excluding hydrogens is 432 g/mol. The van der Waals surface area contributed by atoms with Gasteiger partial charge in [0.25, 0.3) is 0 Å². The SMILES string of the molecule is CCN(CC)C(=O)CN1CCCN(C(=O)C2CC(=O)N(c3cc(Cl)ccc3OC)C2)CC1. The van der Waals surface area contributed by atoms with Gasteiger partial charge < -0.3 is 19.4 Å². The van der Waals surface area contributed by atoms with Crippen molar-refractivity contribution in [1.82, 2.24) is 14.7 Å². The molecule has 0 radical (unpaired) electrons. The van der Waals surface area contributed by atoms with Crippen molar-refractivity contribution in [2.75, 3.05) is 64.4 Å². The van der Waals surface area contributed by atoms with Crippen LogP contribution in [0.15, 0.2) is 18.2 Å². The van der Waals surface area contributed by atoms with Gasteiger partial charge in [0.15, 0.2) is 0 Å². The third-order valence-corrected chi connectivity index (χ3v) is 6.52. The number of ether oxygens (including phenoxy) is 1. The number of benzene rings is 1. The van der Waals surface area contributed by atoms with E-state index in [4.69, 9.17) is 16.3 Å². The van der Waals surface area contributed by atoms with Crippen LogP contribution in [0, 0.1) is 5.92 Å². The van der Waals surface area contributed by atoms with Gasteiger partial charge in [-0.15, -0.1) is 0 Å². The highest BCUT2D eigenvalue weighted by Crippen LogP contribution is 2.35. The molecule has 3 rings (SSSR count). The molecule has 8 nitrogen and oxygen atoms in total. The number of amides is 3. The molecule has 0 saturated carbocycles. The van der Waals surface area contributed by atoms with Crippen LogP contribution in [0.5, 0.6) is 5.75 Å². The standard InChI is InChI=1S/C23H33ClN4O4/c1-4-26(5-2)22(30)16-25-9-6-10-27(12-11-25)23(31)17-13-21(29)28(15-17)19-14-18(24)7-8-20(19)32-3/h7-8,14,17H,4-6,9-13,15-16H2,1-3H3. The van der Waals surface area contributed by atoms with Crippen LogP contribution in [0.1, 0.15) is 26.7 Å². The van der Waals surface area contributed by atoms with E-state index in [9.17, 15) is 14.4 Å². The lowest BCUT2D eigenvalue weighted by atomic mass is 10.1. The molecule has 3 amide bonds. The Morgan fingerprint density at radius 2 is 1.91 bits per heavy atom. The Kier molecular flexibility index (Phi) is 8.37. The highest BCUT2D eigenvalue weighted by Gasteiger charge is 2.38. The Morgan fingerprint density at radius 1 is 1.16 bits per heavy atom. The van der Waals surface area contributed by atoms with E-state index in [0.29, 0.717) is 62.3 Å². The fourth-order valence-electron chi connectivity index (χ4n) is 4.46. The van der Waals surface area contributed by atoms with Crippen molar-refractivity contribution >= 4 is 35.0 Å². The number of halogens is 1. The number of methoxy groups -OCH3 is 1. The summed E-state index contributed by atoms with van der Waals surface area (Å²) < 4.78 is 5.38. The van der Waals surface area contributed by atoms with Gasteiger partial charge >= 0.3 is 0 Å². The maximum absolute atomic E-state index is 13.2. The lowest BCUT2D eigenvalue weighted by Crippen LogP contribution is -2.43. The summed E-state index contributed by atoms with van der Waals surface area (Å²) in [7, 11) is 1.55. The molecule has 32 heavy (non-hydrogen) atoms. The summed E-state index contributed by atoms with van der Waals surface area (Å²) >= 11 is 6.13. The molecule has 2 saturated heterocycles. The minimum absolute atomic E-state index is 0.00114. The number of nitrogens with zero attached hydrogens (tertiary/aromatic N) is 4. The zero-order chi connectivity index (χ0) is 23.3. The predicted octanol–water partition coefficient (Wildman–Crippen LogP) is 2.10. The third-order valence-electron chi connectivity index (χ3n) is 6.28. The number of hydrogen-bond donors (Lipinski definition) is 0. The van der Waals surface area contributed by atoms with Gasteiger partial charge in [0, 0.05) is 57.3 Å². The number of carbonyl (C=O) groups excluding carboxylic acids is 3. The molecule has 2 fully saturated rings. The fourth-order valence-corrected chi connectivity index (χ4v) is 4.62. The van der Waals surface area contributed by atoms with Gasteiger partial charge in [0.1, 0.15) is 5.75 Å². The van der Waals surface area contributed by atoms with Crippen molar-refractivity contribution < 1.29 is 19.1 Å². The lowest BCUT2D eigenvalue weighted by Gasteiger charge is -2.26. The Bertz CT molecular complexity index is 845. The maximum Gasteiger partial charge on any atom is 0.236 e. The average molecular weight is 465 g/mol. The monoisotopic (exact) mass is 464 g/mol. The van der Waals surface area contributed by atoms with E-state index in [-0.39, 0.29) is 24.1 Å². The van der Waals surface area contributed by atoms with E-state index < -0.39 is 5.92 Å². The van der Waals surface area contributed by atoms with Gasteiger partial charge in [-0.05, 0) is 38.5 Å². The summed E-state index contributed by atoms with van der Waals surface area (Å²) in [4.78, 5) is 45.8. The van der Waals surface area contributed by atoms with Gasteiger partial charge in [0.2, 0.25) is 17.7 Å². The molecule has 0 spiro atoms. The number of carbonyl (C=O) groups is 3. The van der Waals surface area contributed by atoms with Crippen LogP contribution >= 0.6 is 11.6 Å². The second-order valence-corrected chi connectivity index (χ2v) is 8.68. The molecule has 0 aliphatic carbocycles. The van der Waals surface area contributed by atoms with Crippen molar-refractivity contribution in [3.63, 3.8) is 0 Å². The van der Waals surface area contributed by atoms with Crippen molar-refractivity contribution in [2.24, 2.45) is 5.92 Å². The number of rotatable bonds is 7. The van der Waals surface area contributed by atoms with Crippen molar-refractivity contribution in [3.8, 4) is 5.75 Å². The molecule has 2 aliphatic heterocycles. The molecule has 1 aromatic rings. The summed E-state index contributed by atoms with van der Waals surface area (Å²) in [6, 6.07) is 5.13. The molecule has 1 atom stereocenters. The number of anilines is 1. The van der Waals surface area contributed by atoms with E-state index >= 15 is 0 Å². The minimum atomic E-state index is -0.393. The number of hydrogen-bond acceptors (Lipinski definition) is 5. The molecule has 9 heteroatoms. The third kappa shape index (κ3) is 5.53. The Labute approximate surface area is 195 Å². The lowest BCUT2D eigenvalue weighted by molar-refractivity contribution is -0.135. The highest BCUT2D eigenvalue weighted by molar-refractivity contribution is 6.31. The van der Waals surface area contributed by atoms with Gasteiger partial charge in [0.05, 0.1) is 25.3 Å². The van der Waals surface area contributed by atoms with E-state index in [0.717, 1.165) is 13.0 Å². The van der Waals surface area contributed by atoms with Crippen LogP contribution in [0.3, 0.4) is 0 Å². The summed E-state index contributed by atoms with van der Waals surface area (Å²) in [5.41, 5.74) is 0.595. The quantitative estimate of drug-likeness (QED) is 0.618. The van der Waals surface area contributed by atoms with Gasteiger partial charge in [-0.2, -0.15) is 0 Å². The summed E-state index contributed by atoms with van der Waals surface area (Å²) in [5.74, 6) is 0.181. The van der Waals surface area contributed by atoms with Gasteiger partial charge in [-0.3, -0.25) is 19.3 Å². The van der Waals surface area contributed by atoms with E-state index in [1.54, 1.807) is 30.2 Å². The zero-order valence-electron chi connectivity index (χ0n) is 19.2. The maximum atomic E-state index is 13.2. The van der Waals surface area contributed by atoms with Gasteiger partial charge in [-0.25, -0.2) is 0 Å². The molecule has 176 valence electrons. The van der Waals surface area contributed by atoms with E-state index in [1.165, 1.54) is 0 Å². The summed E-state index contributed by atoms with van der Waals surface area (Å²) in [6.45, 7) is 8.72. The average Bonchev–Trinajstić information content (AvgIpc) is 3.01. The molecule has 2 aliphatic rings. The summed E-state index contributed by atoms with van der Waals surface area (Å²) in [6.07, 6.45) is 0.985. The molecular formula is C23H33ClN4O4. The Morgan fingerprint density at radius 3 is 2.59 bits per heavy atom. The Hall–Kier alpha value is -2.32. The first kappa shape index (κ1) is 24.3. The molecule has 0 bridgehead atoms. The predicted molar refractivity (Wildman–Crippen MR) is 124 cm³/mol. The molecule has 0 aromatic heterocycles. The fraction of sp³-hybridized carbons (Fsp3) is 0.609. The van der Waals surface area contributed by atoms with Crippen molar-refractivity contribution in [1.29, 1.82) is 0 Å². The summed E-state index contributed by atoms with van der Waals surface area (Å²) in [5, 5.41) is 0.509. The van der Waals surface area contributed by atoms with Crippen LogP contribution < -0.4 is 9.64 Å². The second kappa shape index (κ2) is 11.0. The first-order chi connectivity index (χ1) is 15.4. The normalized spacial score (nSPS) is 19.8. The minimum Gasteiger partial charge on any atom is -0.495 e. The Balaban J connectivity index is 1.61. The van der Waals surface area contributed by atoms with Gasteiger partial charge in [-0.1, -0.05) is 11.6 Å². The van der Waals surface area contributed by atoms with Crippen molar-refractivity contribution in [2.45, 2.75) is 26.7 Å². The van der Waals surface area contributed by atoms with Crippen LogP contribution in [0.4, 0.5) is 5.69 Å². The molecule has 0 N–H and O–H groups in total. The van der Waals surface area contributed by atoms with Crippen LogP contribution in [-0.2, 0) is 14.4 Å². The highest BCUT2D eigenvalue weighted by atomic mass is 35.5. The molecule has 1 aromatic carbocycles. The van der Waals surface area contributed by atoms with Crippen LogP contribution in [0.2, 0.25) is 5.02 Å². The first-order valence-electron chi connectivity index (χ1n) is 11.3. The molecule has 2 heterocycles. The largest absolute Gasteiger partial charge is 0.495 e. The first-order valence-corrected chi connectivity index (χ1v) is 11.7. The van der Waals surface area contributed by atoms with E-state index in [1.807, 2.05) is 23.6 Å². The smallest absolute Gasteiger partial charge is 0.236 e. The van der Waals surface area contributed by atoms with E-state index in [2.05, 4.69) is 4.90 Å². The van der Waals surface area contributed by atoms with Crippen LogP contribution in [-0.4, -0.2) is 91.9 Å². The number of likely N-dealkylation sites (N-methyl/N-ethyl adjacent to an activating group) is 1. The topological polar surface area (TPSA) is 73.4 Å². The van der Waals surface area contributed by atoms with Crippen LogP contribution in [0.25, 0.3) is 0 Å². The van der Waals surface area contributed by atoms with Crippen molar-refractivity contribution in [3.05, 3.63) is 23.2 Å². The molecule has 1 unspecified atom stereocenters.